The first-order valence-electron chi connectivity index (χ1n) is 6.87. The number of benzene rings is 1. The van der Waals surface area contributed by atoms with Gasteiger partial charge in [0, 0.05) is 12.3 Å². The van der Waals surface area contributed by atoms with Crippen molar-refractivity contribution < 1.29 is 5.11 Å². The van der Waals surface area contributed by atoms with E-state index in [2.05, 4.69) is 32.7 Å². The molecule has 0 bridgehead atoms. The zero-order valence-corrected chi connectivity index (χ0v) is 12.6. The van der Waals surface area contributed by atoms with Gasteiger partial charge in [0.1, 0.15) is 5.75 Å². The summed E-state index contributed by atoms with van der Waals surface area (Å²) < 4.78 is 0. The number of aromatic hydroxyl groups is 1. The van der Waals surface area contributed by atoms with Gasteiger partial charge < -0.3 is 10.1 Å². The average Bonchev–Trinajstić information content (AvgIpc) is 2.40. The first kappa shape index (κ1) is 16.0. The summed E-state index contributed by atoms with van der Waals surface area (Å²) in [6.07, 6.45) is 1.76. The van der Waals surface area contributed by atoms with Crippen LogP contribution in [0.4, 0.5) is 0 Å². The third kappa shape index (κ3) is 5.31. The fraction of sp³-hybridized carbons (Fsp3) is 0.353. The van der Waals surface area contributed by atoms with E-state index in [4.69, 9.17) is 5.11 Å². The molecule has 108 valence electrons. The summed E-state index contributed by atoms with van der Waals surface area (Å²) in [6.45, 7) is 8.44. The number of hydrogen-bond acceptors (Lipinski definition) is 2. The van der Waals surface area contributed by atoms with Crippen molar-refractivity contribution >= 4 is 0 Å². The first-order valence-corrected chi connectivity index (χ1v) is 6.87. The van der Waals surface area contributed by atoms with Gasteiger partial charge in [-0.2, -0.15) is 0 Å². The highest BCUT2D eigenvalue weighted by Crippen LogP contribution is 2.16. The maximum absolute atomic E-state index is 10.6. The van der Waals surface area contributed by atoms with Gasteiger partial charge >= 0.3 is 0 Å². The molecule has 0 radical (unpaired) electrons. The maximum Gasteiger partial charge on any atom is 0.247 e. The van der Waals surface area contributed by atoms with Crippen LogP contribution in [0.2, 0.25) is 0 Å². The van der Waals surface area contributed by atoms with E-state index in [1.54, 1.807) is 24.4 Å². The molecule has 2 rings (SSSR count). The Morgan fingerprint density at radius 1 is 0.850 bits per heavy atom. The number of rotatable bonds is 2. The molecule has 1 aromatic heterocycles. The van der Waals surface area contributed by atoms with E-state index in [9.17, 15) is 4.79 Å². The molecule has 0 atom stereocenters. The van der Waals surface area contributed by atoms with E-state index in [0.29, 0.717) is 17.6 Å². The third-order valence-corrected chi connectivity index (χ3v) is 3.03. The van der Waals surface area contributed by atoms with Crippen LogP contribution < -0.4 is 5.56 Å². The van der Waals surface area contributed by atoms with Gasteiger partial charge in [0.2, 0.25) is 5.56 Å². The van der Waals surface area contributed by atoms with Crippen LogP contribution in [-0.4, -0.2) is 10.1 Å². The second-order valence-electron chi connectivity index (χ2n) is 5.39. The molecule has 2 aromatic rings. The Morgan fingerprint density at radius 2 is 1.35 bits per heavy atom. The van der Waals surface area contributed by atoms with E-state index in [1.807, 2.05) is 18.2 Å². The van der Waals surface area contributed by atoms with Gasteiger partial charge in [-0.3, -0.25) is 4.79 Å². The molecule has 0 aliphatic heterocycles. The van der Waals surface area contributed by atoms with Crippen LogP contribution in [0.1, 0.15) is 50.7 Å². The maximum atomic E-state index is 10.6. The number of H-pyrrole nitrogens is 1. The van der Waals surface area contributed by atoms with Gasteiger partial charge in [0.15, 0.2) is 0 Å². The Hall–Kier alpha value is -2.03. The van der Waals surface area contributed by atoms with E-state index in [1.165, 1.54) is 11.1 Å². The minimum atomic E-state index is -0.0376. The van der Waals surface area contributed by atoms with Crippen molar-refractivity contribution in [2.24, 2.45) is 0 Å². The zero-order valence-electron chi connectivity index (χ0n) is 12.6. The summed E-state index contributed by atoms with van der Waals surface area (Å²) in [6, 6.07) is 10.7. The Kier molecular flexibility index (Phi) is 6.04. The number of nitrogens with one attached hydrogen (secondary N) is 1. The number of phenols is 1. The first-order chi connectivity index (χ1) is 9.40. The fourth-order valence-corrected chi connectivity index (χ4v) is 1.64. The van der Waals surface area contributed by atoms with Gasteiger partial charge in [-0.25, -0.2) is 0 Å². The van der Waals surface area contributed by atoms with Crippen molar-refractivity contribution in [3.63, 3.8) is 0 Å². The molecule has 0 fully saturated rings. The quantitative estimate of drug-likeness (QED) is 0.868. The number of hydrogen-bond donors (Lipinski definition) is 2. The second kappa shape index (κ2) is 7.53. The van der Waals surface area contributed by atoms with Crippen LogP contribution in [0.15, 0.2) is 47.4 Å². The molecule has 0 amide bonds. The zero-order chi connectivity index (χ0) is 15.1. The van der Waals surface area contributed by atoms with Crippen molar-refractivity contribution in [3.05, 3.63) is 64.1 Å². The average molecular weight is 273 g/mol. The van der Waals surface area contributed by atoms with Crippen molar-refractivity contribution in [1.29, 1.82) is 0 Å². The number of phenolic OH excluding ortho intramolecular Hbond substituents is 1. The van der Waals surface area contributed by atoms with Crippen LogP contribution in [-0.2, 0) is 0 Å². The normalized spacial score (nSPS) is 10.3. The van der Waals surface area contributed by atoms with Crippen molar-refractivity contribution in [2.45, 2.75) is 39.5 Å². The molecule has 1 heterocycles. The second-order valence-corrected chi connectivity index (χ2v) is 5.39. The minimum absolute atomic E-state index is 0.0376. The molecule has 0 saturated carbocycles. The minimum Gasteiger partial charge on any atom is -0.508 e. The molecule has 1 aromatic carbocycles. The van der Waals surface area contributed by atoms with E-state index in [0.717, 1.165) is 0 Å². The van der Waals surface area contributed by atoms with Crippen molar-refractivity contribution in [1.82, 2.24) is 4.98 Å². The lowest BCUT2D eigenvalue weighted by molar-refractivity contribution is 0.475. The third-order valence-electron chi connectivity index (χ3n) is 3.03. The highest BCUT2D eigenvalue weighted by Gasteiger charge is 1.96. The van der Waals surface area contributed by atoms with Gasteiger partial charge in [-0.1, -0.05) is 45.9 Å². The van der Waals surface area contributed by atoms with Crippen LogP contribution in [0, 0.1) is 0 Å². The molecule has 0 unspecified atom stereocenters. The van der Waals surface area contributed by atoms with E-state index >= 15 is 0 Å². The van der Waals surface area contributed by atoms with E-state index < -0.39 is 0 Å². The van der Waals surface area contributed by atoms with Crippen LogP contribution in [0.5, 0.6) is 5.75 Å². The van der Waals surface area contributed by atoms with Crippen molar-refractivity contribution in [2.75, 3.05) is 0 Å². The largest absolute Gasteiger partial charge is 0.508 e. The molecule has 0 spiro atoms. The lowest BCUT2D eigenvalue weighted by atomic mass is 10.0. The monoisotopic (exact) mass is 273 g/mol. The summed E-state index contributed by atoms with van der Waals surface area (Å²) in [5, 5.41) is 8.94. The molecule has 3 heteroatoms. The highest BCUT2D eigenvalue weighted by atomic mass is 16.3. The summed E-state index contributed by atoms with van der Waals surface area (Å²) in [7, 11) is 0. The van der Waals surface area contributed by atoms with Crippen LogP contribution >= 0.6 is 0 Å². The number of aromatic nitrogens is 1. The Balaban J connectivity index is 0.000000200. The molecule has 3 nitrogen and oxygen atoms in total. The van der Waals surface area contributed by atoms with Gasteiger partial charge in [-0.15, -0.1) is 0 Å². The smallest absolute Gasteiger partial charge is 0.247 e. The molecular weight excluding hydrogens is 250 g/mol. The summed E-state index contributed by atoms with van der Waals surface area (Å²) in [5.41, 5.74) is 2.39. The Labute approximate surface area is 120 Å². The van der Waals surface area contributed by atoms with Gasteiger partial charge in [0.05, 0.1) is 0 Å². The number of aromatic amines is 1. The Bertz CT molecular complexity index is 548. The van der Waals surface area contributed by atoms with E-state index in [-0.39, 0.29) is 5.56 Å². The highest BCUT2D eigenvalue weighted by molar-refractivity contribution is 5.27. The lowest BCUT2D eigenvalue weighted by Crippen LogP contribution is -2.03. The fourth-order valence-electron chi connectivity index (χ4n) is 1.64. The summed E-state index contributed by atoms with van der Waals surface area (Å²) in [5.74, 6) is 1.36. The van der Waals surface area contributed by atoms with Crippen LogP contribution in [0.3, 0.4) is 0 Å². The standard InChI is InChI=1S/C9H12O.C8H11NO/c1-7(2)8-3-5-9(10)6-4-8;1-6(2)7-3-4-8(10)9-5-7/h3-7,10H,1-2H3;3-6H,1-2H3,(H,9,10). The molecule has 0 aliphatic rings. The topological polar surface area (TPSA) is 53.1 Å². The predicted molar refractivity (Wildman–Crippen MR) is 83.3 cm³/mol. The van der Waals surface area contributed by atoms with Gasteiger partial charge in [0.25, 0.3) is 0 Å². The molecule has 2 N–H and O–H groups in total. The predicted octanol–water partition coefficient (Wildman–Crippen LogP) is 4.01. The SMILES string of the molecule is CC(C)c1ccc(=O)[nH]c1.CC(C)c1ccc(O)cc1. The van der Waals surface area contributed by atoms with Crippen LogP contribution in [0.25, 0.3) is 0 Å². The molecule has 20 heavy (non-hydrogen) atoms. The van der Waals surface area contributed by atoms with Gasteiger partial charge in [-0.05, 0) is 35.1 Å². The van der Waals surface area contributed by atoms with Crippen molar-refractivity contribution in [3.8, 4) is 5.75 Å². The Morgan fingerprint density at radius 3 is 1.75 bits per heavy atom. The summed E-state index contributed by atoms with van der Waals surface area (Å²) >= 11 is 0. The lowest BCUT2D eigenvalue weighted by Gasteiger charge is -2.03. The molecule has 0 saturated heterocycles. The number of pyridine rings is 1. The molecule has 0 aliphatic carbocycles. The summed E-state index contributed by atoms with van der Waals surface area (Å²) in [4.78, 5) is 13.2. The molecular formula is C17H23NO2.